The van der Waals surface area contributed by atoms with Gasteiger partial charge in [-0.2, -0.15) is 0 Å². The minimum atomic E-state index is -0.230. The van der Waals surface area contributed by atoms with Gasteiger partial charge in [0.05, 0.1) is 6.54 Å². The molecule has 1 N–H and O–H groups in total. The summed E-state index contributed by atoms with van der Waals surface area (Å²) < 4.78 is 0. The molecule has 0 aromatic carbocycles. The first-order chi connectivity index (χ1) is 10.2. The number of carbonyl (C=O) groups excluding carboxylic acids is 2. The minimum Gasteiger partial charge on any atom is -0.342 e. The first-order valence-corrected chi connectivity index (χ1v) is 8.84. The first kappa shape index (κ1) is 13.6. The van der Waals surface area contributed by atoms with Gasteiger partial charge < -0.3 is 10.2 Å². The van der Waals surface area contributed by atoms with Gasteiger partial charge in [0.2, 0.25) is 11.8 Å². The smallest absolute Gasteiger partial charge is 0.246 e. The van der Waals surface area contributed by atoms with E-state index in [4.69, 9.17) is 0 Å². The normalized spacial score (nSPS) is 31.7. The van der Waals surface area contributed by atoms with E-state index in [0.717, 1.165) is 12.8 Å². The van der Waals surface area contributed by atoms with Crippen LogP contribution in [0.2, 0.25) is 0 Å². The molecule has 4 fully saturated rings. The summed E-state index contributed by atoms with van der Waals surface area (Å²) in [5, 5.41) is 3.01. The zero-order valence-electron chi connectivity index (χ0n) is 12.7. The SMILES string of the molecule is O=C1CN(C(C2CC2)C2CC2)C(=O)C(C2CCCCC2)N1. The van der Waals surface area contributed by atoms with Gasteiger partial charge in [0.25, 0.3) is 0 Å². The van der Waals surface area contributed by atoms with Crippen molar-refractivity contribution in [1.29, 1.82) is 0 Å². The summed E-state index contributed by atoms with van der Waals surface area (Å²) in [5.41, 5.74) is 0. The van der Waals surface area contributed by atoms with Crippen molar-refractivity contribution in [3.05, 3.63) is 0 Å². The summed E-state index contributed by atoms with van der Waals surface area (Å²) in [7, 11) is 0. The van der Waals surface area contributed by atoms with Gasteiger partial charge in [0, 0.05) is 6.04 Å². The summed E-state index contributed by atoms with van der Waals surface area (Å²) in [6, 6.07) is 0.140. The van der Waals surface area contributed by atoms with Crippen LogP contribution in [-0.4, -0.2) is 35.3 Å². The number of carbonyl (C=O) groups is 2. The lowest BCUT2D eigenvalue weighted by Crippen LogP contribution is -2.63. The molecule has 0 aromatic heterocycles. The quantitative estimate of drug-likeness (QED) is 0.862. The van der Waals surface area contributed by atoms with Gasteiger partial charge in [-0.15, -0.1) is 0 Å². The number of hydrogen-bond donors (Lipinski definition) is 1. The third kappa shape index (κ3) is 2.69. The van der Waals surface area contributed by atoms with E-state index in [1.54, 1.807) is 0 Å². The Morgan fingerprint density at radius 1 is 0.905 bits per heavy atom. The molecule has 116 valence electrons. The van der Waals surface area contributed by atoms with E-state index in [2.05, 4.69) is 5.32 Å². The topological polar surface area (TPSA) is 49.4 Å². The second kappa shape index (κ2) is 5.29. The molecule has 0 bridgehead atoms. The lowest BCUT2D eigenvalue weighted by molar-refractivity contribution is -0.149. The Hall–Kier alpha value is -1.06. The molecule has 0 aromatic rings. The maximum absolute atomic E-state index is 13.0. The van der Waals surface area contributed by atoms with Crippen LogP contribution in [0.1, 0.15) is 57.8 Å². The van der Waals surface area contributed by atoms with Gasteiger partial charge in [-0.25, -0.2) is 0 Å². The molecule has 1 atom stereocenters. The Bertz CT molecular complexity index is 424. The zero-order valence-corrected chi connectivity index (χ0v) is 12.7. The van der Waals surface area contributed by atoms with E-state index >= 15 is 0 Å². The van der Waals surface area contributed by atoms with Crippen LogP contribution in [-0.2, 0) is 9.59 Å². The van der Waals surface area contributed by atoms with Crippen LogP contribution >= 0.6 is 0 Å². The molecule has 4 aliphatic rings. The van der Waals surface area contributed by atoms with Crippen molar-refractivity contribution in [2.24, 2.45) is 17.8 Å². The van der Waals surface area contributed by atoms with Crippen molar-refractivity contribution >= 4 is 11.8 Å². The van der Waals surface area contributed by atoms with Gasteiger partial charge in [-0.3, -0.25) is 9.59 Å². The Labute approximate surface area is 126 Å². The Balaban J connectivity index is 1.52. The Kier molecular flexibility index (Phi) is 3.43. The minimum absolute atomic E-state index is 0.0662. The molecule has 1 aliphatic heterocycles. The summed E-state index contributed by atoms with van der Waals surface area (Å²) >= 11 is 0. The molecule has 1 saturated heterocycles. The van der Waals surface area contributed by atoms with E-state index in [1.165, 1.54) is 44.9 Å². The van der Waals surface area contributed by atoms with Crippen molar-refractivity contribution in [2.45, 2.75) is 69.9 Å². The van der Waals surface area contributed by atoms with Crippen LogP contribution < -0.4 is 5.32 Å². The third-order valence-electron chi connectivity index (χ3n) is 5.87. The fourth-order valence-corrected chi connectivity index (χ4v) is 4.50. The summed E-state index contributed by atoms with van der Waals surface area (Å²) in [5.74, 6) is 2.03. The highest BCUT2D eigenvalue weighted by atomic mass is 16.2. The first-order valence-electron chi connectivity index (χ1n) is 8.84. The van der Waals surface area contributed by atoms with Crippen LogP contribution in [0.4, 0.5) is 0 Å². The van der Waals surface area contributed by atoms with Crippen LogP contribution in [0.3, 0.4) is 0 Å². The predicted octanol–water partition coefficient (Wildman–Crippen LogP) is 2.08. The molecule has 4 rings (SSSR count). The largest absolute Gasteiger partial charge is 0.342 e. The third-order valence-corrected chi connectivity index (χ3v) is 5.87. The standard InChI is InChI=1S/C17H26N2O2/c20-14-10-19(16(12-6-7-12)13-8-9-13)17(21)15(18-14)11-4-2-1-3-5-11/h11-13,15-16H,1-10H2,(H,18,20). The molecule has 3 aliphatic carbocycles. The monoisotopic (exact) mass is 290 g/mol. The summed E-state index contributed by atoms with van der Waals surface area (Å²) in [6.45, 7) is 0.305. The van der Waals surface area contributed by atoms with Crippen LogP contribution in [0.5, 0.6) is 0 Å². The lowest BCUT2D eigenvalue weighted by atomic mass is 9.82. The van der Waals surface area contributed by atoms with Crippen molar-refractivity contribution in [2.75, 3.05) is 6.54 Å². The Morgan fingerprint density at radius 3 is 2.10 bits per heavy atom. The number of nitrogens with one attached hydrogen (secondary N) is 1. The summed E-state index contributed by atoms with van der Waals surface area (Å²) in [6.07, 6.45) is 10.9. The fraction of sp³-hybridized carbons (Fsp3) is 0.882. The highest BCUT2D eigenvalue weighted by Crippen LogP contribution is 2.47. The molecule has 0 radical (unpaired) electrons. The number of amides is 2. The molecular weight excluding hydrogens is 264 g/mol. The number of piperazine rings is 1. The molecule has 4 nitrogen and oxygen atoms in total. The molecule has 21 heavy (non-hydrogen) atoms. The van der Waals surface area contributed by atoms with Gasteiger partial charge >= 0.3 is 0 Å². The molecule has 3 saturated carbocycles. The molecule has 1 unspecified atom stereocenters. The molecule has 1 heterocycles. The van der Waals surface area contributed by atoms with Crippen molar-refractivity contribution < 1.29 is 9.59 Å². The van der Waals surface area contributed by atoms with E-state index in [0.29, 0.717) is 30.3 Å². The van der Waals surface area contributed by atoms with Gasteiger partial charge in [-0.05, 0) is 56.3 Å². The van der Waals surface area contributed by atoms with E-state index < -0.39 is 0 Å². The second-order valence-corrected chi connectivity index (χ2v) is 7.57. The van der Waals surface area contributed by atoms with Crippen molar-refractivity contribution in [3.63, 3.8) is 0 Å². The van der Waals surface area contributed by atoms with Gasteiger partial charge in [-0.1, -0.05) is 19.3 Å². The highest BCUT2D eigenvalue weighted by molar-refractivity contribution is 5.95. The van der Waals surface area contributed by atoms with Crippen LogP contribution in [0, 0.1) is 17.8 Å². The molecule has 2 amide bonds. The fourth-order valence-electron chi connectivity index (χ4n) is 4.50. The summed E-state index contributed by atoms with van der Waals surface area (Å²) in [4.78, 5) is 27.1. The maximum atomic E-state index is 13.0. The molecule has 4 heteroatoms. The number of hydrogen-bond acceptors (Lipinski definition) is 2. The van der Waals surface area contributed by atoms with Crippen LogP contribution in [0.25, 0.3) is 0 Å². The molecular formula is C17H26N2O2. The van der Waals surface area contributed by atoms with Crippen molar-refractivity contribution in [1.82, 2.24) is 10.2 Å². The average Bonchev–Trinajstić information content (AvgIpc) is 3.37. The maximum Gasteiger partial charge on any atom is 0.246 e. The Morgan fingerprint density at radius 2 is 1.52 bits per heavy atom. The van der Waals surface area contributed by atoms with Crippen molar-refractivity contribution in [3.8, 4) is 0 Å². The second-order valence-electron chi connectivity index (χ2n) is 7.57. The predicted molar refractivity (Wildman–Crippen MR) is 79.5 cm³/mol. The van der Waals surface area contributed by atoms with E-state index in [-0.39, 0.29) is 17.9 Å². The van der Waals surface area contributed by atoms with Crippen LogP contribution in [0.15, 0.2) is 0 Å². The molecule has 0 spiro atoms. The average molecular weight is 290 g/mol. The van der Waals surface area contributed by atoms with Gasteiger partial charge in [0.1, 0.15) is 6.04 Å². The van der Waals surface area contributed by atoms with Gasteiger partial charge in [0.15, 0.2) is 0 Å². The lowest BCUT2D eigenvalue weighted by Gasteiger charge is -2.41. The van der Waals surface area contributed by atoms with E-state index in [9.17, 15) is 9.59 Å². The number of nitrogens with zero attached hydrogens (tertiary/aromatic N) is 1. The van der Waals surface area contributed by atoms with E-state index in [1.807, 2.05) is 4.90 Å². The zero-order chi connectivity index (χ0) is 14.4. The highest BCUT2D eigenvalue weighted by Gasteiger charge is 2.50. The number of rotatable bonds is 4.